The fourth-order valence-electron chi connectivity index (χ4n) is 4.11. The third kappa shape index (κ3) is 7.07. The number of nitrogens with one attached hydrogen (secondary N) is 1. The third-order valence-corrected chi connectivity index (χ3v) is 8.31. The van der Waals surface area contributed by atoms with Crippen LogP contribution in [0.15, 0.2) is 77.7 Å². The highest BCUT2D eigenvalue weighted by molar-refractivity contribution is 7.92. The van der Waals surface area contributed by atoms with Crippen molar-refractivity contribution in [2.75, 3.05) is 17.4 Å². The fourth-order valence-corrected chi connectivity index (χ4v) is 6.05. The molecule has 0 radical (unpaired) electrons. The van der Waals surface area contributed by atoms with Crippen molar-refractivity contribution < 1.29 is 18.0 Å². The lowest BCUT2D eigenvalue weighted by Crippen LogP contribution is -2.52. The van der Waals surface area contributed by atoms with Gasteiger partial charge in [0.25, 0.3) is 10.0 Å². The zero-order chi connectivity index (χ0) is 27.9. The lowest BCUT2D eigenvalue weighted by atomic mass is 10.1. The molecule has 7 nitrogen and oxygen atoms in total. The van der Waals surface area contributed by atoms with Gasteiger partial charge in [-0.2, -0.15) is 0 Å². The van der Waals surface area contributed by atoms with Gasteiger partial charge in [-0.25, -0.2) is 8.42 Å². The lowest BCUT2D eigenvalue weighted by Gasteiger charge is -2.33. The molecule has 1 atom stereocenters. The van der Waals surface area contributed by atoms with Gasteiger partial charge < -0.3 is 10.2 Å². The molecule has 0 unspecified atom stereocenters. The number of halogens is 2. The standard InChI is InChI=1S/C28H31Cl2N3O4S/c1-4-26(28(35)31-5-2)32(18-21-12-10-9-11-20(21)3)27(34)19-33(24-16-22(29)15-23(30)17-24)38(36,37)25-13-7-6-8-14-25/h6-17,26H,4-5,18-19H2,1-3H3,(H,31,35)/t26-/m1/s1. The number of anilines is 1. The molecule has 0 spiro atoms. The number of carbonyl (C=O) groups excluding carboxylic acids is 2. The number of sulfonamides is 1. The number of nitrogens with zero attached hydrogens (tertiary/aromatic N) is 2. The topological polar surface area (TPSA) is 86.8 Å². The van der Waals surface area contributed by atoms with Crippen molar-refractivity contribution in [2.45, 2.75) is 44.7 Å². The highest BCUT2D eigenvalue weighted by atomic mass is 35.5. The summed E-state index contributed by atoms with van der Waals surface area (Å²) in [5.74, 6) is -0.845. The molecular weight excluding hydrogens is 545 g/mol. The number of likely N-dealkylation sites (N-methyl/N-ethyl adjacent to an activating group) is 1. The van der Waals surface area contributed by atoms with Crippen LogP contribution < -0.4 is 9.62 Å². The van der Waals surface area contributed by atoms with Crippen LogP contribution in [0, 0.1) is 6.92 Å². The smallest absolute Gasteiger partial charge is 0.264 e. The van der Waals surface area contributed by atoms with Gasteiger partial charge in [0.1, 0.15) is 12.6 Å². The van der Waals surface area contributed by atoms with Crippen LogP contribution in [0.2, 0.25) is 10.0 Å². The van der Waals surface area contributed by atoms with E-state index in [-0.39, 0.29) is 33.1 Å². The summed E-state index contributed by atoms with van der Waals surface area (Å²) < 4.78 is 28.6. The highest BCUT2D eigenvalue weighted by Crippen LogP contribution is 2.30. The van der Waals surface area contributed by atoms with Gasteiger partial charge in [-0.1, -0.05) is 72.6 Å². The molecular formula is C28H31Cl2N3O4S. The summed E-state index contributed by atoms with van der Waals surface area (Å²) in [6.07, 6.45) is 0.345. The summed E-state index contributed by atoms with van der Waals surface area (Å²) in [7, 11) is -4.19. The van der Waals surface area contributed by atoms with Crippen LogP contribution >= 0.6 is 23.2 Å². The van der Waals surface area contributed by atoms with Crippen molar-refractivity contribution in [1.29, 1.82) is 0 Å². The van der Waals surface area contributed by atoms with Gasteiger partial charge >= 0.3 is 0 Å². The van der Waals surface area contributed by atoms with E-state index >= 15 is 0 Å². The Bertz CT molecular complexity index is 1360. The van der Waals surface area contributed by atoms with E-state index in [0.29, 0.717) is 13.0 Å². The van der Waals surface area contributed by atoms with Gasteiger partial charge in [-0.15, -0.1) is 0 Å². The minimum Gasteiger partial charge on any atom is -0.355 e. The predicted octanol–water partition coefficient (Wildman–Crippen LogP) is 5.44. The van der Waals surface area contributed by atoms with E-state index in [1.807, 2.05) is 38.1 Å². The zero-order valence-corrected chi connectivity index (χ0v) is 23.9. The number of rotatable bonds is 11. The largest absolute Gasteiger partial charge is 0.355 e. The van der Waals surface area contributed by atoms with Crippen LogP contribution in [-0.4, -0.2) is 44.3 Å². The molecule has 3 rings (SSSR count). The number of aryl methyl sites for hydroxylation is 1. The molecule has 0 aliphatic carbocycles. The first-order valence-corrected chi connectivity index (χ1v) is 14.4. The normalized spacial score (nSPS) is 12.0. The SMILES string of the molecule is CCNC(=O)[C@@H](CC)N(Cc1ccccc1C)C(=O)CN(c1cc(Cl)cc(Cl)c1)S(=O)(=O)c1ccccc1. The number of hydrogen-bond acceptors (Lipinski definition) is 4. The first-order chi connectivity index (χ1) is 18.1. The zero-order valence-electron chi connectivity index (χ0n) is 21.5. The Balaban J connectivity index is 2.09. The molecule has 10 heteroatoms. The molecule has 0 aliphatic rings. The first kappa shape index (κ1) is 29.5. The van der Waals surface area contributed by atoms with Crippen LogP contribution in [0.5, 0.6) is 0 Å². The Labute approximate surface area is 234 Å². The van der Waals surface area contributed by atoms with Crippen molar-refractivity contribution in [2.24, 2.45) is 0 Å². The molecule has 3 aromatic rings. The molecule has 38 heavy (non-hydrogen) atoms. The maximum Gasteiger partial charge on any atom is 0.264 e. The summed E-state index contributed by atoms with van der Waals surface area (Å²) in [5.41, 5.74) is 1.94. The minimum absolute atomic E-state index is 0.00474. The highest BCUT2D eigenvalue weighted by Gasteiger charge is 2.33. The molecule has 3 aromatic carbocycles. The Morgan fingerprint density at radius 3 is 2.11 bits per heavy atom. The van der Waals surface area contributed by atoms with Crippen molar-refractivity contribution in [3.63, 3.8) is 0 Å². The van der Waals surface area contributed by atoms with E-state index in [2.05, 4.69) is 5.32 Å². The maximum absolute atomic E-state index is 14.0. The first-order valence-electron chi connectivity index (χ1n) is 12.2. The van der Waals surface area contributed by atoms with Crippen molar-refractivity contribution in [3.05, 3.63) is 94.0 Å². The van der Waals surface area contributed by atoms with E-state index in [4.69, 9.17) is 23.2 Å². The van der Waals surface area contributed by atoms with Crippen LogP contribution in [0.1, 0.15) is 31.4 Å². The Morgan fingerprint density at radius 1 is 0.921 bits per heavy atom. The molecule has 2 amide bonds. The number of carbonyl (C=O) groups is 2. The van der Waals surface area contributed by atoms with Gasteiger partial charge in [-0.05, 0) is 61.7 Å². The van der Waals surface area contributed by atoms with E-state index in [0.717, 1.165) is 15.4 Å². The number of amides is 2. The van der Waals surface area contributed by atoms with Gasteiger partial charge in [0.15, 0.2) is 0 Å². The molecule has 0 bridgehead atoms. The number of benzene rings is 3. The van der Waals surface area contributed by atoms with Gasteiger partial charge in [0.05, 0.1) is 10.6 Å². The van der Waals surface area contributed by atoms with Crippen LogP contribution in [0.3, 0.4) is 0 Å². The predicted molar refractivity (Wildman–Crippen MR) is 152 cm³/mol. The van der Waals surface area contributed by atoms with Gasteiger partial charge in [0.2, 0.25) is 11.8 Å². The van der Waals surface area contributed by atoms with Crippen molar-refractivity contribution in [3.8, 4) is 0 Å². The molecule has 0 heterocycles. The molecule has 0 saturated carbocycles. The van der Waals surface area contributed by atoms with Gasteiger partial charge in [0, 0.05) is 23.1 Å². The summed E-state index contributed by atoms with van der Waals surface area (Å²) in [5, 5.41) is 3.23. The fraction of sp³-hybridized carbons (Fsp3) is 0.286. The maximum atomic E-state index is 14.0. The average molecular weight is 577 g/mol. The second kappa shape index (κ2) is 13.1. The Kier molecular flexibility index (Phi) is 10.2. The van der Waals surface area contributed by atoms with E-state index in [9.17, 15) is 18.0 Å². The summed E-state index contributed by atoms with van der Waals surface area (Å²) in [6, 6.07) is 18.9. The summed E-state index contributed by atoms with van der Waals surface area (Å²) in [4.78, 5) is 28.4. The monoisotopic (exact) mass is 575 g/mol. The quantitative estimate of drug-likeness (QED) is 0.330. The second-order valence-electron chi connectivity index (χ2n) is 8.72. The van der Waals surface area contributed by atoms with Crippen molar-refractivity contribution >= 4 is 50.7 Å². The minimum atomic E-state index is -4.19. The number of hydrogen-bond donors (Lipinski definition) is 1. The molecule has 1 N–H and O–H groups in total. The molecule has 0 fully saturated rings. The van der Waals surface area contributed by atoms with E-state index < -0.39 is 28.5 Å². The Morgan fingerprint density at radius 2 is 1.53 bits per heavy atom. The molecule has 0 saturated heterocycles. The van der Waals surface area contributed by atoms with E-state index in [1.54, 1.807) is 25.1 Å². The lowest BCUT2D eigenvalue weighted by molar-refractivity contribution is -0.140. The molecule has 0 aliphatic heterocycles. The summed E-state index contributed by atoms with van der Waals surface area (Å²) >= 11 is 12.4. The van der Waals surface area contributed by atoms with E-state index in [1.165, 1.54) is 35.2 Å². The van der Waals surface area contributed by atoms with Crippen molar-refractivity contribution in [1.82, 2.24) is 10.2 Å². The third-order valence-electron chi connectivity index (χ3n) is 6.08. The molecule has 202 valence electrons. The molecule has 0 aromatic heterocycles. The van der Waals surface area contributed by atoms with Crippen LogP contribution in [-0.2, 0) is 26.2 Å². The summed E-state index contributed by atoms with van der Waals surface area (Å²) in [6.45, 7) is 5.51. The van der Waals surface area contributed by atoms with Crippen LogP contribution in [0.4, 0.5) is 5.69 Å². The average Bonchev–Trinajstić information content (AvgIpc) is 2.88. The Hall–Kier alpha value is -3.07. The second-order valence-corrected chi connectivity index (χ2v) is 11.5. The van der Waals surface area contributed by atoms with Gasteiger partial charge in [-0.3, -0.25) is 13.9 Å². The van der Waals surface area contributed by atoms with Crippen LogP contribution in [0.25, 0.3) is 0 Å².